The molecule has 0 fully saturated rings. The summed E-state index contributed by atoms with van der Waals surface area (Å²) >= 11 is 0. The van der Waals surface area contributed by atoms with Crippen molar-refractivity contribution in [3.05, 3.63) is 77.3 Å². The first-order valence-corrected chi connectivity index (χ1v) is 9.07. The fourth-order valence-electron chi connectivity index (χ4n) is 2.84. The highest BCUT2D eigenvalue weighted by atomic mass is 19.1. The molecule has 0 spiro atoms. The molecule has 0 atom stereocenters. The van der Waals surface area contributed by atoms with Crippen molar-refractivity contribution < 1.29 is 13.7 Å². The van der Waals surface area contributed by atoms with Gasteiger partial charge in [-0.1, -0.05) is 43.3 Å². The van der Waals surface area contributed by atoms with Crippen molar-refractivity contribution in [2.45, 2.75) is 39.2 Å². The quantitative estimate of drug-likeness (QED) is 0.650. The Morgan fingerprint density at radius 2 is 1.81 bits per heavy atom. The van der Waals surface area contributed by atoms with Crippen molar-refractivity contribution in [3.63, 3.8) is 0 Å². The van der Waals surface area contributed by atoms with Crippen LogP contribution in [0.25, 0.3) is 11.3 Å². The maximum absolute atomic E-state index is 13.1. The van der Waals surface area contributed by atoms with Gasteiger partial charge in [-0.3, -0.25) is 4.79 Å². The first-order chi connectivity index (χ1) is 13.0. The third-order valence-corrected chi connectivity index (χ3v) is 4.52. The molecule has 5 heteroatoms. The molecule has 1 N–H and O–H groups in total. The van der Waals surface area contributed by atoms with E-state index in [9.17, 15) is 9.18 Å². The molecular weight excluding hydrogens is 343 g/mol. The number of aryl methyl sites for hydroxylation is 1. The van der Waals surface area contributed by atoms with Crippen molar-refractivity contribution in [2.24, 2.45) is 0 Å². The Morgan fingerprint density at radius 1 is 1.11 bits per heavy atom. The largest absolute Gasteiger partial charge is 0.364 e. The molecule has 0 bridgehead atoms. The van der Waals surface area contributed by atoms with E-state index in [4.69, 9.17) is 4.52 Å². The summed E-state index contributed by atoms with van der Waals surface area (Å²) in [5.41, 5.74) is 4.60. The molecule has 1 aromatic heterocycles. The van der Waals surface area contributed by atoms with E-state index in [1.807, 2.05) is 12.1 Å². The molecular formula is C22H23FN2O2. The molecule has 140 valence electrons. The Balaban J connectivity index is 1.52. The molecule has 1 heterocycles. The topological polar surface area (TPSA) is 55.1 Å². The van der Waals surface area contributed by atoms with Crippen molar-refractivity contribution in [2.75, 3.05) is 0 Å². The number of halogens is 1. The Bertz CT molecular complexity index is 883. The number of aromatic nitrogens is 1. The molecule has 2 aromatic carbocycles. The molecule has 0 aliphatic heterocycles. The Morgan fingerprint density at radius 3 is 2.48 bits per heavy atom. The molecule has 0 aliphatic carbocycles. The normalized spacial score (nSPS) is 11.0. The van der Waals surface area contributed by atoms with E-state index in [0.717, 1.165) is 16.7 Å². The third-order valence-electron chi connectivity index (χ3n) is 4.52. The van der Waals surface area contributed by atoms with Gasteiger partial charge in [0.1, 0.15) is 17.8 Å². The Kier molecular flexibility index (Phi) is 6.01. The lowest BCUT2D eigenvalue weighted by atomic mass is 10.0. The lowest BCUT2D eigenvalue weighted by Gasteiger charge is -2.08. The molecule has 1 amide bonds. The molecule has 0 saturated heterocycles. The molecule has 0 saturated carbocycles. The van der Waals surface area contributed by atoms with E-state index in [1.165, 1.54) is 24.0 Å². The van der Waals surface area contributed by atoms with Crippen molar-refractivity contribution in [3.8, 4) is 11.3 Å². The van der Waals surface area contributed by atoms with Crippen LogP contribution in [-0.4, -0.2) is 11.1 Å². The van der Waals surface area contributed by atoms with Gasteiger partial charge in [0.25, 0.3) is 0 Å². The van der Waals surface area contributed by atoms with Crippen molar-refractivity contribution in [1.29, 1.82) is 0 Å². The Hall–Kier alpha value is -2.95. The van der Waals surface area contributed by atoms with Crippen LogP contribution < -0.4 is 5.32 Å². The standard InChI is InChI=1S/C22H23FN2O2/c1-15(2)17-5-3-16(4-6-17)13-24-21(26)12-9-19-14-27-25-22(19)18-7-10-20(23)11-8-18/h3-8,10-11,14-15H,9,12-13H2,1-2H3,(H,24,26). The monoisotopic (exact) mass is 366 g/mol. The van der Waals surface area contributed by atoms with E-state index in [2.05, 4.69) is 36.5 Å². The van der Waals surface area contributed by atoms with Gasteiger partial charge in [-0.2, -0.15) is 0 Å². The highest BCUT2D eigenvalue weighted by Gasteiger charge is 2.12. The van der Waals surface area contributed by atoms with E-state index < -0.39 is 0 Å². The number of carbonyl (C=O) groups is 1. The summed E-state index contributed by atoms with van der Waals surface area (Å²) in [5.74, 6) is 0.159. The number of rotatable bonds is 7. The predicted octanol–water partition coefficient (Wildman–Crippen LogP) is 4.85. The summed E-state index contributed by atoms with van der Waals surface area (Å²) in [4.78, 5) is 12.2. The molecule has 0 unspecified atom stereocenters. The molecule has 3 aromatic rings. The molecule has 0 aliphatic rings. The third kappa shape index (κ3) is 5.03. The van der Waals surface area contributed by atoms with Gasteiger partial charge in [-0.05, 0) is 47.7 Å². The first kappa shape index (κ1) is 18.8. The molecule has 4 nitrogen and oxygen atoms in total. The summed E-state index contributed by atoms with van der Waals surface area (Å²) in [6.45, 7) is 4.81. The van der Waals surface area contributed by atoms with E-state index in [0.29, 0.717) is 31.0 Å². The SMILES string of the molecule is CC(C)c1ccc(CNC(=O)CCc2conc2-c2ccc(F)cc2)cc1. The second kappa shape index (κ2) is 8.62. The second-order valence-electron chi connectivity index (χ2n) is 6.87. The summed E-state index contributed by atoms with van der Waals surface area (Å²) in [7, 11) is 0. The van der Waals surface area contributed by atoms with Crippen LogP contribution in [0.3, 0.4) is 0 Å². The number of nitrogens with one attached hydrogen (secondary N) is 1. The zero-order chi connectivity index (χ0) is 19.2. The van der Waals surface area contributed by atoms with Crippen LogP contribution >= 0.6 is 0 Å². The van der Waals surface area contributed by atoms with E-state index in [-0.39, 0.29) is 11.7 Å². The summed E-state index contributed by atoms with van der Waals surface area (Å²) in [6, 6.07) is 14.3. The smallest absolute Gasteiger partial charge is 0.220 e. The second-order valence-corrected chi connectivity index (χ2v) is 6.87. The van der Waals surface area contributed by atoms with Crippen molar-refractivity contribution in [1.82, 2.24) is 10.5 Å². The number of benzene rings is 2. The van der Waals surface area contributed by atoms with Crippen LogP contribution in [0.1, 0.15) is 42.9 Å². The minimum absolute atomic E-state index is 0.0332. The number of hydrogen-bond donors (Lipinski definition) is 1. The Labute approximate surface area is 158 Å². The van der Waals surface area contributed by atoms with Crippen LogP contribution in [0, 0.1) is 5.82 Å². The zero-order valence-electron chi connectivity index (χ0n) is 15.5. The van der Waals surface area contributed by atoms with Gasteiger partial charge in [0.2, 0.25) is 5.91 Å². The summed E-state index contributed by atoms with van der Waals surface area (Å²) in [6.07, 6.45) is 2.38. The number of hydrogen-bond acceptors (Lipinski definition) is 3. The number of carbonyl (C=O) groups excluding carboxylic acids is 1. The fraction of sp³-hybridized carbons (Fsp3) is 0.273. The lowest BCUT2D eigenvalue weighted by molar-refractivity contribution is -0.121. The predicted molar refractivity (Wildman–Crippen MR) is 103 cm³/mol. The highest BCUT2D eigenvalue weighted by Crippen LogP contribution is 2.23. The van der Waals surface area contributed by atoms with Crippen molar-refractivity contribution >= 4 is 5.91 Å². The number of nitrogens with zero attached hydrogens (tertiary/aromatic N) is 1. The van der Waals surface area contributed by atoms with Crippen LogP contribution in [0.4, 0.5) is 4.39 Å². The van der Waals surface area contributed by atoms with Gasteiger partial charge in [0, 0.05) is 24.1 Å². The van der Waals surface area contributed by atoms with Gasteiger partial charge in [-0.15, -0.1) is 0 Å². The molecule has 27 heavy (non-hydrogen) atoms. The maximum Gasteiger partial charge on any atom is 0.220 e. The lowest BCUT2D eigenvalue weighted by Crippen LogP contribution is -2.23. The van der Waals surface area contributed by atoms with Gasteiger partial charge in [0.15, 0.2) is 0 Å². The average molecular weight is 366 g/mol. The highest BCUT2D eigenvalue weighted by molar-refractivity contribution is 5.76. The van der Waals surface area contributed by atoms with E-state index >= 15 is 0 Å². The number of amides is 1. The maximum atomic E-state index is 13.1. The first-order valence-electron chi connectivity index (χ1n) is 9.07. The van der Waals surface area contributed by atoms with Gasteiger partial charge in [-0.25, -0.2) is 4.39 Å². The fourth-order valence-corrected chi connectivity index (χ4v) is 2.84. The molecule has 0 radical (unpaired) electrons. The zero-order valence-corrected chi connectivity index (χ0v) is 15.5. The van der Waals surface area contributed by atoms with Crippen LogP contribution in [-0.2, 0) is 17.8 Å². The van der Waals surface area contributed by atoms with Crippen LogP contribution in [0.15, 0.2) is 59.3 Å². The average Bonchev–Trinajstić information content (AvgIpc) is 3.14. The van der Waals surface area contributed by atoms with Crippen LogP contribution in [0.5, 0.6) is 0 Å². The summed E-state index contributed by atoms with van der Waals surface area (Å²) in [5, 5.41) is 6.92. The van der Waals surface area contributed by atoms with Crippen LogP contribution in [0.2, 0.25) is 0 Å². The van der Waals surface area contributed by atoms with Gasteiger partial charge >= 0.3 is 0 Å². The minimum atomic E-state index is -0.301. The summed E-state index contributed by atoms with van der Waals surface area (Å²) < 4.78 is 18.1. The van der Waals surface area contributed by atoms with E-state index in [1.54, 1.807) is 12.1 Å². The van der Waals surface area contributed by atoms with Gasteiger partial charge < -0.3 is 9.84 Å². The molecule has 3 rings (SSSR count). The van der Waals surface area contributed by atoms with Gasteiger partial charge in [0.05, 0.1) is 0 Å². The minimum Gasteiger partial charge on any atom is -0.364 e.